The molecule has 0 spiro atoms. The second-order valence-electron chi connectivity index (χ2n) is 15.6. The van der Waals surface area contributed by atoms with E-state index in [0.29, 0.717) is 49.1 Å². The molecule has 15 heteroatoms. The first-order chi connectivity index (χ1) is 30.8. The molecule has 15 nitrogen and oxygen atoms in total. The van der Waals surface area contributed by atoms with Crippen LogP contribution in [0.1, 0.15) is 83.8 Å². The summed E-state index contributed by atoms with van der Waals surface area (Å²) in [5, 5.41) is 5.41. The summed E-state index contributed by atoms with van der Waals surface area (Å²) in [6.07, 6.45) is 5.36. The molecular formula is C48H50N8O7. The average Bonchev–Trinajstić information content (AvgIpc) is 4.18. The van der Waals surface area contributed by atoms with Crippen molar-refractivity contribution in [2.24, 2.45) is 0 Å². The third kappa shape index (κ3) is 9.79. The molecule has 8 rings (SSSR count). The molecule has 324 valence electrons. The van der Waals surface area contributed by atoms with Gasteiger partial charge in [-0.25, -0.2) is 19.6 Å². The van der Waals surface area contributed by atoms with Gasteiger partial charge in [0, 0.05) is 13.1 Å². The lowest BCUT2D eigenvalue weighted by Gasteiger charge is -2.28. The predicted octanol–water partition coefficient (Wildman–Crippen LogP) is 7.71. The lowest BCUT2D eigenvalue weighted by atomic mass is 10.1. The molecule has 2 saturated heterocycles. The van der Waals surface area contributed by atoms with Crippen molar-refractivity contribution in [2.75, 3.05) is 27.3 Å². The number of hydrogen-bond acceptors (Lipinski definition) is 9. The number of methoxy groups -OCH3 is 2. The number of alkyl carbamates (subject to hydrolysis) is 2. The van der Waals surface area contributed by atoms with Crippen LogP contribution in [0.2, 0.25) is 0 Å². The monoisotopic (exact) mass is 850 g/mol. The van der Waals surface area contributed by atoms with Crippen molar-refractivity contribution in [3.8, 4) is 22.5 Å². The Hall–Kier alpha value is -7.26. The summed E-state index contributed by atoms with van der Waals surface area (Å²) < 4.78 is 15.7. The van der Waals surface area contributed by atoms with Crippen LogP contribution >= 0.6 is 0 Å². The lowest BCUT2D eigenvalue weighted by molar-refractivity contribution is -0.135. The van der Waals surface area contributed by atoms with Crippen LogP contribution in [0, 0.1) is 0 Å². The van der Waals surface area contributed by atoms with E-state index in [4.69, 9.17) is 14.2 Å². The molecule has 2 fully saturated rings. The first-order valence-corrected chi connectivity index (χ1v) is 21.1. The number of likely N-dealkylation sites (tertiary alicyclic amines) is 2. The molecule has 4 aromatic carbocycles. The quantitative estimate of drug-likeness (QED) is 0.0853. The second-order valence-corrected chi connectivity index (χ2v) is 15.6. The maximum atomic E-state index is 13.9. The number of aromatic amines is 2. The highest BCUT2D eigenvalue weighted by molar-refractivity contribution is 5.88. The minimum Gasteiger partial charge on any atom is -0.453 e. The Kier molecular flexibility index (Phi) is 13.2. The molecule has 4 amide bonds. The second kappa shape index (κ2) is 19.6. The van der Waals surface area contributed by atoms with Gasteiger partial charge in [0.05, 0.1) is 63.3 Å². The summed E-state index contributed by atoms with van der Waals surface area (Å²) in [5.74, 6) is 0.965. The molecule has 0 radical (unpaired) electrons. The molecule has 4 N–H and O–H groups in total. The normalized spacial score (nSPS) is 16.9. The first kappa shape index (κ1) is 42.4. The zero-order chi connectivity index (χ0) is 43.7. The molecule has 2 aliphatic rings. The lowest BCUT2D eigenvalue weighted by Crippen LogP contribution is -2.42. The topological polar surface area (TPSA) is 184 Å². The fourth-order valence-electron chi connectivity index (χ4n) is 8.33. The Morgan fingerprint density at radius 1 is 0.603 bits per heavy atom. The van der Waals surface area contributed by atoms with Gasteiger partial charge in [-0.1, -0.05) is 109 Å². The van der Waals surface area contributed by atoms with Crippen molar-refractivity contribution >= 4 is 24.0 Å². The Morgan fingerprint density at radius 2 is 1.00 bits per heavy atom. The van der Waals surface area contributed by atoms with E-state index in [9.17, 15) is 19.2 Å². The number of benzene rings is 4. The Bertz CT molecular complexity index is 2320. The Balaban J connectivity index is 0.844. The number of rotatable bonds is 14. The van der Waals surface area contributed by atoms with Crippen molar-refractivity contribution in [1.29, 1.82) is 0 Å². The van der Waals surface area contributed by atoms with E-state index in [1.165, 1.54) is 14.2 Å². The zero-order valence-corrected chi connectivity index (χ0v) is 35.2. The van der Waals surface area contributed by atoms with Gasteiger partial charge in [0.1, 0.15) is 23.7 Å². The standard InChI is InChI=1S/C48H50N8O7/c1-61-47(59)53-41(35-11-5-3-6-12-35)45(57)55-25-9-15-39(55)43-49-27-37(51-43)33-21-17-31(18-22-33)29-63-30-32-19-23-34(24-20-32)38-28-50-44(52-38)40-16-10-26-56(40)46(58)42(54-48(60)62-2)36-13-7-4-8-14-36/h3-8,11-14,17-24,27-28,39-42H,9-10,15-16,25-26,29-30H2,1-2H3,(H,49,51)(H,50,52)(H,53,59)(H,54,60)/t39-,40-,41+,42+/m0/s1. The van der Waals surface area contributed by atoms with Gasteiger partial charge in [-0.3, -0.25) is 9.59 Å². The highest BCUT2D eigenvalue weighted by atomic mass is 16.5. The zero-order valence-electron chi connectivity index (χ0n) is 35.2. The number of nitrogens with zero attached hydrogens (tertiary/aromatic N) is 4. The van der Waals surface area contributed by atoms with Crippen LogP contribution in [0.4, 0.5) is 9.59 Å². The largest absolute Gasteiger partial charge is 0.453 e. The van der Waals surface area contributed by atoms with E-state index in [0.717, 1.165) is 59.3 Å². The van der Waals surface area contributed by atoms with Gasteiger partial charge in [-0.15, -0.1) is 0 Å². The molecule has 0 aliphatic carbocycles. The van der Waals surface area contributed by atoms with E-state index in [1.807, 2.05) is 109 Å². The van der Waals surface area contributed by atoms with E-state index >= 15 is 0 Å². The van der Waals surface area contributed by atoms with Crippen LogP contribution in [0.3, 0.4) is 0 Å². The van der Waals surface area contributed by atoms with Crippen LogP contribution < -0.4 is 10.6 Å². The van der Waals surface area contributed by atoms with Crippen LogP contribution in [0.5, 0.6) is 0 Å². The summed E-state index contributed by atoms with van der Waals surface area (Å²) in [7, 11) is 2.56. The highest BCUT2D eigenvalue weighted by Crippen LogP contribution is 2.36. The summed E-state index contributed by atoms with van der Waals surface area (Å²) in [6.45, 7) is 1.96. The summed E-state index contributed by atoms with van der Waals surface area (Å²) in [6, 6.07) is 32.2. The molecule has 0 bridgehead atoms. The molecule has 0 unspecified atom stereocenters. The fraction of sp³-hybridized carbons (Fsp3) is 0.292. The number of ether oxygens (including phenoxy) is 3. The predicted molar refractivity (Wildman–Crippen MR) is 233 cm³/mol. The number of carbonyl (C=O) groups excluding carboxylic acids is 4. The fourth-order valence-corrected chi connectivity index (χ4v) is 8.33. The smallest absolute Gasteiger partial charge is 0.407 e. The van der Waals surface area contributed by atoms with Gasteiger partial charge in [0.15, 0.2) is 0 Å². The molecule has 6 aromatic rings. The Morgan fingerprint density at radius 3 is 1.38 bits per heavy atom. The number of aromatic nitrogens is 4. The minimum atomic E-state index is -0.881. The van der Waals surface area contributed by atoms with Crippen LogP contribution in [0.15, 0.2) is 122 Å². The first-order valence-electron chi connectivity index (χ1n) is 21.1. The molecular weight excluding hydrogens is 801 g/mol. The highest BCUT2D eigenvalue weighted by Gasteiger charge is 2.38. The number of nitrogens with one attached hydrogen (secondary N) is 4. The number of hydrogen-bond donors (Lipinski definition) is 4. The third-order valence-electron chi connectivity index (χ3n) is 11.6. The number of imidazole rings is 2. The summed E-state index contributed by atoms with van der Waals surface area (Å²) in [4.78, 5) is 71.9. The maximum Gasteiger partial charge on any atom is 0.407 e. The van der Waals surface area contributed by atoms with Crippen molar-refractivity contribution in [2.45, 2.75) is 63.1 Å². The number of amides is 4. The summed E-state index contributed by atoms with van der Waals surface area (Å²) >= 11 is 0. The average molecular weight is 851 g/mol. The van der Waals surface area contributed by atoms with E-state index in [2.05, 4.69) is 30.6 Å². The van der Waals surface area contributed by atoms with Gasteiger partial charge in [-0.2, -0.15) is 0 Å². The number of H-pyrrole nitrogens is 2. The SMILES string of the molecule is COC(=O)N[C@@H](C(=O)N1CCC[C@H]1c1ncc(-c2ccc(COCc3ccc(-c4cnc([C@@H]5CCCN5C(=O)[C@H](NC(=O)OC)c5ccccc5)[nH]4)cc3)cc2)[nH]1)c1ccccc1. The van der Waals surface area contributed by atoms with Crippen molar-refractivity contribution in [1.82, 2.24) is 40.4 Å². The Labute approximate surface area is 365 Å². The molecule has 63 heavy (non-hydrogen) atoms. The van der Waals surface area contributed by atoms with Crippen LogP contribution in [0.25, 0.3) is 22.5 Å². The van der Waals surface area contributed by atoms with E-state index < -0.39 is 24.3 Å². The van der Waals surface area contributed by atoms with Gasteiger partial charge in [0.2, 0.25) is 0 Å². The molecule has 0 saturated carbocycles. The van der Waals surface area contributed by atoms with Gasteiger partial charge in [0.25, 0.3) is 11.8 Å². The molecule has 2 aromatic heterocycles. The maximum absolute atomic E-state index is 13.9. The van der Waals surface area contributed by atoms with E-state index in [-0.39, 0.29) is 23.9 Å². The van der Waals surface area contributed by atoms with Crippen LogP contribution in [-0.2, 0) is 37.0 Å². The third-order valence-corrected chi connectivity index (χ3v) is 11.6. The number of carbonyl (C=O) groups is 4. The molecule has 2 aliphatic heterocycles. The van der Waals surface area contributed by atoms with Gasteiger partial charge in [-0.05, 0) is 59.1 Å². The summed E-state index contributed by atoms with van der Waals surface area (Å²) in [5.41, 5.74) is 6.99. The van der Waals surface area contributed by atoms with E-state index in [1.54, 1.807) is 22.2 Å². The van der Waals surface area contributed by atoms with Crippen molar-refractivity contribution < 1.29 is 33.4 Å². The molecule has 4 heterocycles. The minimum absolute atomic E-state index is 0.215. The van der Waals surface area contributed by atoms with Gasteiger partial charge < -0.3 is 44.6 Å². The van der Waals surface area contributed by atoms with Crippen molar-refractivity contribution in [3.05, 3.63) is 155 Å². The molecule has 4 atom stereocenters. The van der Waals surface area contributed by atoms with Gasteiger partial charge >= 0.3 is 12.2 Å². The van der Waals surface area contributed by atoms with Crippen LogP contribution in [-0.4, -0.2) is 81.0 Å². The van der Waals surface area contributed by atoms with Crippen molar-refractivity contribution in [3.63, 3.8) is 0 Å².